The average molecular weight is 259 g/mol. The molecule has 0 fully saturated rings. The van der Waals surface area contributed by atoms with Crippen molar-refractivity contribution in [3.8, 4) is 11.1 Å². The van der Waals surface area contributed by atoms with E-state index in [2.05, 4.69) is 35.0 Å². The molecule has 1 heterocycles. The van der Waals surface area contributed by atoms with E-state index < -0.39 is 0 Å². The first-order chi connectivity index (χ1) is 8.86. The van der Waals surface area contributed by atoms with Crippen LogP contribution in [-0.2, 0) is 0 Å². The Morgan fingerprint density at radius 3 is 2.39 bits per heavy atom. The van der Waals surface area contributed by atoms with Crippen LogP contribution in [0.15, 0.2) is 54.7 Å². The van der Waals surface area contributed by atoms with E-state index in [1.807, 2.05) is 30.5 Å². The SMILES string of the molecule is CN.Clc1ccccc1-c1cccc2cc[nH]c12. The Hall–Kier alpha value is -1.77. The molecule has 0 unspecified atom stereocenters. The first kappa shape index (κ1) is 12.7. The molecule has 0 aliphatic carbocycles. The lowest BCUT2D eigenvalue weighted by atomic mass is 10.0. The van der Waals surface area contributed by atoms with Crippen LogP contribution in [0.5, 0.6) is 0 Å². The minimum atomic E-state index is 0.782. The van der Waals surface area contributed by atoms with E-state index in [-0.39, 0.29) is 0 Å². The summed E-state index contributed by atoms with van der Waals surface area (Å²) in [6, 6.07) is 16.2. The number of aromatic nitrogens is 1. The van der Waals surface area contributed by atoms with Gasteiger partial charge in [-0.3, -0.25) is 0 Å². The van der Waals surface area contributed by atoms with Gasteiger partial charge in [0.15, 0.2) is 0 Å². The number of rotatable bonds is 1. The van der Waals surface area contributed by atoms with Crippen molar-refractivity contribution < 1.29 is 0 Å². The van der Waals surface area contributed by atoms with Crippen LogP contribution in [0, 0.1) is 0 Å². The Morgan fingerprint density at radius 2 is 1.61 bits per heavy atom. The van der Waals surface area contributed by atoms with Crippen molar-refractivity contribution >= 4 is 22.5 Å². The van der Waals surface area contributed by atoms with Gasteiger partial charge in [0.2, 0.25) is 0 Å². The molecule has 0 radical (unpaired) electrons. The Bertz CT molecular complexity index is 644. The second-order valence-electron chi connectivity index (χ2n) is 3.73. The van der Waals surface area contributed by atoms with Gasteiger partial charge in [-0.2, -0.15) is 0 Å². The van der Waals surface area contributed by atoms with Gasteiger partial charge in [-0.25, -0.2) is 0 Å². The Balaban J connectivity index is 0.000000574. The van der Waals surface area contributed by atoms with Crippen LogP contribution in [-0.4, -0.2) is 12.0 Å². The van der Waals surface area contributed by atoms with Gasteiger partial charge < -0.3 is 10.7 Å². The van der Waals surface area contributed by atoms with Crippen LogP contribution in [0.1, 0.15) is 0 Å². The fourth-order valence-electron chi connectivity index (χ4n) is 1.99. The number of aromatic amines is 1. The molecule has 3 rings (SSSR count). The molecule has 18 heavy (non-hydrogen) atoms. The molecule has 0 spiro atoms. The van der Waals surface area contributed by atoms with Gasteiger partial charge in [0, 0.05) is 22.3 Å². The molecule has 0 bridgehead atoms. The molecule has 2 aromatic carbocycles. The van der Waals surface area contributed by atoms with Crippen molar-refractivity contribution in [3.63, 3.8) is 0 Å². The minimum absolute atomic E-state index is 0.782. The zero-order valence-electron chi connectivity index (χ0n) is 10.2. The third-order valence-electron chi connectivity index (χ3n) is 2.75. The molecule has 0 aliphatic rings. The maximum absolute atomic E-state index is 6.21. The molecule has 0 saturated heterocycles. The van der Waals surface area contributed by atoms with E-state index in [1.165, 1.54) is 12.4 Å². The molecule has 0 saturated carbocycles. The van der Waals surface area contributed by atoms with Gasteiger partial charge in [0.25, 0.3) is 0 Å². The predicted molar refractivity (Wildman–Crippen MR) is 78.9 cm³/mol. The fraction of sp³-hybridized carbons (Fsp3) is 0.0667. The Labute approximate surface area is 111 Å². The fourth-order valence-corrected chi connectivity index (χ4v) is 2.23. The van der Waals surface area contributed by atoms with E-state index in [4.69, 9.17) is 11.6 Å². The summed E-state index contributed by atoms with van der Waals surface area (Å²) in [4.78, 5) is 3.26. The molecular weight excluding hydrogens is 244 g/mol. The lowest BCUT2D eigenvalue weighted by Gasteiger charge is -2.05. The third kappa shape index (κ3) is 2.26. The standard InChI is InChI=1S/C14H10ClN.CH5N/c15-13-7-2-1-5-11(13)12-6-3-4-10-8-9-16-14(10)12;1-2/h1-9,16H;2H2,1H3. The summed E-state index contributed by atoms with van der Waals surface area (Å²) < 4.78 is 0. The second-order valence-corrected chi connectivity index (χ2v) is 4.13. The lowest BCUT2D eigenvalue weighted by Crippen LogP contribution is -1.81. The first-order valence-electron chi connectivity index (χ1n) is 5.75. The number of nitrogens with one attached hydrogen (secondary N) is 1. The molecular formula is C15H15ClN2. The normalized spacial score (nSPS) is 9.94. The van der Waals surface area contributed by atoms with Crippen LogP contribution >= 0.6 is 11.6 Å². The highest BCUT2D eigenvalue weighted by molar-refractivity contribution is 6.33. The number of nitrogens with two attached hydrogens (primary N) is 1. The molecule has 0 aliphatic heterocycles. The number of hydrogen-bond acceptors (Lipinski definition) is 1. The zero-order valence-corrected chi connectivity index (χ0v) is 10.9. The Morgan fingerprint density at radius 1 is 0.889 bits per heavy atom. The van der Waals surface area contributed by atoms with Gasteiger partial charge in [0.05, 0.1) is 5.52 Å². The summed E-state index contributed by atoms with van der Waals surface area (Å²) in [5.41, 5.74) is 7.85. The summed E-state index contributed by atoms with van der Waals surface area (Å²) in [5.74, 6) is 0. The van der Waals surface area contributed by atoms with Crippen molar-refractivity contribution in [3.05, 3.63) is 59.8 Å². The summed E-state index contributed by atoms with van der Waals surface area (Å²) in [7, 11) is 1.50. The number of hydrogen-bond donors (Lipinski definition) is 2. The zero-order chi connectivity index (χ0) is 13.0. The van der Waals surface area contributed by atoms with Crippen molar-refractivity contribution in [1.29, 1.82) is 0 Å². The van der Waals surface area contributed by atoms with Crippen LogP contribution in [0.4, 0.5) is 0 Å². The maximum atomic E-state index is 6.21. The van der Waals surface area contributed by atoms with Gasteiger partial charge in [-0.1, -0.05) is 48.0 Å². The van der Waals surface area contributed by atoms with E-state index in [0.29, 0.717) is 0 Å². The molecule has 3 N–H and O–H groups in total. The largest absolute Gasteiger partial charge is 0.361 e. The highest BCUT2D eigenvalue weighted by Crippen LogP contribution is 2.32. The molecule has 1 aromatic heterocycles. The van der Waals surface area contributed by atoms with Gasteiger partial charge in [0.1, 0.15) is 0 Å². The summed E-state index contributed by atoms with van der Waals surface area (Å²) in [6.07, 6.45) is 1.95. The average Bonchev–Trinajstić information content (AvgIpc) is 2.90. The molecule has 3 heteroatoms. The first-order valence-corrected chi connectivity index (χ1v) is 6.13. The van der Waals surface area contributed by atoms with Crippen molar-refractivity contribution in [2.75, 3.05) is 7.05 Å². The monoisotopic (exact) mass is 258 g/mol. The molecule has 3 aromatic rings. The van der Waals surface area contributed by atoms with E-state index in [9.17, 15) is 0 Å². The summed E-state index contributed by atoms with van der Waals surface area (Å²) in [6.45, 7) is 0. The predicted octanol–water partition coefficient (Wildman–Crippen LogP) is 4.06. The smallest absolute Gasteiger partial charge is 0.0534 e. The van der Waals surface area contributed by atoms with Gasteiger partial charge in [-0.15, -0.1) is 0 Å². The second kappa shape index (κ2) is 5.71. The van der Waals surface area contributed by atoms with Gasteiger partial charge in [-0.05, 0) is 24.6 Å². The lowest BCUT2D eigenvalue weighted by molar-refractivity contribution is 1.47. The van der Waals surface area contributed by atoms with Crippen LogP contribution in [0.3, 0.4) is 0 Å². The highest BCUT2D eigenvalue weighted by atomic mass is 35.5. The number of fused-ring (bicyclic) bond motifs is 1. The van der Waals surface area contributed by atoms with Crippen molar-refractivity contribution in [2.24, 2.45) is 5.73 Å². The van der Waals surface area contributed by atoms with Gasteiger partial charge >= 0.3 is 0 Å². The van der Waals surface area contributed by atoms with E-state index in [1.54, 1.807) is 0 Å². The Kier molecular flexibility index (Phi) is 4.03. The van der Waals surface area contributed by atoms with Crippen LogP contribution in [0.25, 0.3) is 22.0 Å². The topological polar surface area (TPSA) is 41.8 Å². The van der Waals surface area contributed by atoms with Crippen LogP contribution in [0.2, 0.25) is 5.02 Å². The van der Waals surface area contributed by atoms with E-state index >= 15 is 0 Å². The molecule has 92 valence electrons. The molecule has 2 nitrogen and oxygen atoms in total. The highest BCUT2D eigenvalue weighted by Gasteiger charge is 2.06. The summed E-state index contributed by atoms with van der Waals surface area (Å²) in [5, 5.41) is 1.99. The number of para-hydroxylation sites is 1. The van der Waals surface area contributed by atoms with Crippen molar-refractivity contribution in [1.82, 2.24) is 4.98 Å². The van der Waals surface area contributed by atoms with Crippen molar-refractivity contribution in [2.45, 2.75) is 0 Å². The maximum Gasteiger partial charge on any atom is 0.0534 e. The number of benzene rings is 2. The third-order valence-corrected chi connectivity index (χ3v) is 3.08. The summed E-state index contributed by atoms with van der Waals surface area (Å²) >= 11 is 6.21. The molecule has 0 amide bonds. The number of H-pyrrole nitrogens is 1. The van der Waals surface area contributed by atoms with E-state index in [0.717, 1.165) is 21.7 Å². The number of halogens is 1. The molecule has 0 atom stereocenters. The quantitative estimate of drug-likeness (QED) is 0.679. The van der Waals surface area contributed by atoms with Crippen LogP contribution < -0.4 is 5.73 Å². The minimum Gasteiger partial charge on any atom is -0.361 e.